The first-order valence-corrected chi connectivity index (χ1v) is 8.65. The molecule has 1 aromatic carbocycles. The van der Waals surface area contributed by atoms with E-state index in [2.05, 4.69) is 10.6 Å². The van der Waals surface area contributed by atoms with Gasteiger partial charge in [0.05, 0.1) is 6.54 Å². The summed E-state index contributed by atoms with van der Waals surface area (Å²) in [6.07, 6.45) is 1.22. The number of cyclic esters (lactones) is 2. The molecule has 2 aliphatic heterocycles. The van der Waals surface area contributed by atoms with Crippen molar-refractivity contribution in [1.82, 2.24) is 10.2 Å². The minimum atomic E-state index is -1.29. The Kier molecular flexibility index (Phi) is 4.62. The zero-order chi connectivity index (χ0) is 20.7. The topological polar surface area (TPSA) is 114 Å². The monoisotopic (exact) mass is 387 g/mol. The van der Waals surface area contributed by atoms with Gasteiger partial charge >= 0.3 is 18.0 Å². The molecule has 3 amide bonds. The van der Waals surface area contributed by atoms with Crippen molar-refractivity contribution >= 4 is 29.6 Å². The quantitative estimate of drug-likeness (QED) is 0.349. The lowest BCUT2D eigenvalue weighted by molar-refractivity contribution is -0.222. The predicted molar refractivity (Wildman–Crippen MR) is 97.6 cm³/mol. The molecule has 9 heteroatoms. The molecule has 0 radical (unpaired) electrons. The molecule has 2 heterocycles. The van der Waals surface area contributed by atoms with Gasteiger partial charge in [0.25, 0.3) is 11.7 Å². The first-order valence-electron chi connectivity index (χ1n) is 8.65. The number of ether oxygens (including phenoxy) is 2. The van der Waals surface area contributed by atoms with Crippen LogP contribution in [0.1, 0.15) is 33.3 Å². The van der Waals surface area contributed by atoms with Crippen LogP contribution in [-0.4, -0.2) is 40.1 Å². The lowest BCUT2D eigenvalue weighted by atomic mass is 10.1. The molecule has 0 unspecified atom stereocenters. The van der Waals surface area contributed by atoms with Crippen LogP contribution in [0.25, 0.3) is 0 Å². The molecule has 1 aromatic rings. The third-order valence-corrected chi connectivity index (χ3v) is 4.24. The van der Waals surface area contributed by atoms with Gasteiger partial charge in [0, 0.05) is 25.7 Å². The van der Waals surface area contributed by atoms with Crippen LogP contribution in [-0.2, 0) is 30.4 Å². The Morgan fingerprint density at radius 1 is 1.00 bits per heavy atom. The summed E-state index contributed by atoms with van der Waals surface area (Å²) >= 11 is 0. The van der Waals surface area contributed by atoms with Gasteiger partial charge in [0.1, 0.15) is 5.54 Å². The number of imide groups is 1. The smallest absolute Gasteiger partial charge is 0.350 e. The normalized spacial score (nSPS) is 20.4. The molecule has 9 nitrogen and oxygen atoms in total. The number of benzene rings is 1. The number of hydrogen-bond donors (Lipinski definition) is 2. The number of carbonyl (C=O) groups is 4. The first kappa shape index (κ1) is 19.4. The van der Waals surface area contributed by atoms with E-state index in [1.807, 2.05) is 0 Å². The number of hydrogen-bond acceptors (Lipinski definition) is 7. The van der Waals surface area contributed by atoms with Crippen molar-refractivity contribution in [2.24, 2.45) is 0 Å². The second-order valence-corrected chi connectivity index (χ2v) is 7.52. The summed E-state index contributed by atoms with van der Waals surface area (Å²) in [6, 6.07) is 6.42. The Balaban J connectivity index is 1.66. The molecule has 2 aliphatic rings. The third kappa shape index (κ3) is 3.83. The van der Waals surface area contributed by atoms with E-state index in [0.29, 0.717) is 5.69 Å². The molecule has 0 bridgehead atoms. The van der Waals surface area contributed by atoms with Crippen molar-refractivity contribution in [3.63, 3.8) is 0 Å². The first-order chi connectivity index (χ1) is 13.0. The maximum absolute atomic E-state index is 12.2. The van der Waals surface area contributed by atoms with Crippen molar-refractivity contribution in [1.29, 1.82) is 0 Å². The van der Waals surface area contributed by atoms with Crippen molar-refractivity contribution < 1.29 is 28.7 Å². The molecule has 3 rings (SSSR count). The summed E-state index contributed by atoms with van der Waals surface area (Å²) in [5.74, 6) is -3.12. The summed E-state index contributed by atoms with van der Waals surface area (Å²) in [4.78, 5) is 49.1. The largest absolute Gasteiger partial charge is 0.419 e. The highest BCUT2D eigenvalue weighted by Gasteiger charge is 2.44. The minimum Gasteiger partial charge on any atom is -0.419 e. The Bertz CT molecular complexity index is 863. The molecular weight excluding hydrogens is 366 g/mol. The Morgan fingerprint density at radius 2 is 1.57 bits per heavy atom. The highest BCUT2D eigenvalue weighted by Crippen LogP contribution is 2.23. The van der Waals surface area contributed by atoms with Crippen molar-refractivity contribution in [3.8, 4) is 0 Å². The SMILES string of the molecule is CC1(C)OC(=O)C(=CNc2ccc(CN3C(=O)NC(C)(C)C3=O)cc2)C(=O)O1. The summed E-state index contributed by atoms with van der Waals surface area (Å²) in [5, 5.41) is 5.46. The number of carbonyl (C=O) groups excluding carboxylic acids is 4. The highest BCUT2D eigenvalue weighted by atomic mass is 16.7. The van der Waals surface area contributed by atoms with Gasteiger partial charge in [-0.2, -0.15) is 0 Å². The Hall–Kier alpha value is -3.36. The number of nitrogens with one attached hydrogen (secondary N) is 2. The van der Waals surface area contributed by atoms with Gasteiger partial charge in [-0.15, -0.1) is 0 Å². The van der Waals surface area contributed by atoms with Crippen molar-refractivity contribution in [2.45, 2.75) is 45.6 Å². The third-order valence-electron chi connectivity index (χ3n) is 4.24. The molecule has 0 atom stereocenters. The molecule has 0 spiro atoms. The average molecular weight is 387 g/mol. The van der Waals surface area contributed by atoms with Gasteiger partial charge in [0.2, 0.25) is 0 Å². The van der Waals surface area contributed by atoms with Crippen LogP contribution in [0.15, 0.2) is 36.0 Å². The molecule has 148 valence electrons. The zero-order valence-electron chi connectivity index (χ0n) is 16.0. The van der Waals surface area contributed by atoms with Crippen LogP contribution >= 0.6 is 0 Å². The molecule has 2 fully saturated rings. The number of urea groups is 1. The summed E-state index contributed by atoms with van der Waals surface area (Å²) < 4.78 is 10.0. The fourth-order valence-corrected chi connectivity index (χ4v) is 2.78. The van der Waals surface area contributed by atoms with E-state index in [-0.39, 0.29) is 18.0 Å². The van der Waals surface area contributed by atoms with Gasteiger partial charge in [0.15, 0.2) is 5.57 Å². The van der Waals surface area contributed by atoms with E-state index < -0.39 is 29.3 Å². The number of rotatable bonds is 4. The van der Waals surface area contributed by atoms with Gasteiger partial charge in [-0.1, -0.05) is 12.1 Å². The predicted octanol–water partition coefficient (Wildman–Crippen LogP) is 1.65. The van der Waals surface area contributed by atoms with E-state index in [1.165, 1.54) is 20.0 Å². The Labute approximate surface area is 161 Å². The van der Waals surface area contributed by atoms with Crippen LogP contribution in [0, 0.1) is 0 Å². The summed E-state index contributed by atoms with van der Waals surface area (Å²) in [6.45, 7) is 6.38. The summed E-state index contributed by atoms with van der Waals surface area (Å²) in [5.41, 5.74) is 0.185. The Morgan fingerprint density at radius 3 is 2.07 bits per heavy atom. The van der Waals surface area contributed by atoms with Gasteiger partial charge in [-0.3, -0.25) is 9.69 Å². The van der Waals surface area contributed by atoms with Crippen LogP contribution in [0.2, 0.25) is 0 Å². The van der Waals surface area contributed by atoms with Crippen LogP contribution < -0.4 is 10.6 Å². The van der Waals surface area contributed by atoms with Crippen LogP contribution in [0.4, 0.5) is 10.5 Å². The van der Waals surface area contributed by atoms with Crippen LogP contribution in [0.5, 0.6) is 0 Å². The molecular formula is C19H21N3O6. The van der Waals surface area contributed by atoms with E-state index in [4.69, 9.17) is 9.47 Å². The fraction of sp³-hybridized carbons (Fsp3) is 0.368. The molecule has 0 aliphatic carbocycles. The van der Waals surface area contributed by atoms with E-state index in [9.17, 15) is 19.2 Å². The van der Waals surface area contributed by atoms with E-state index in [0.717, 1.165) is 10.5 Å². The zero-order valence-corrected chi connectivity index (χ0v) is 16.0. The molecule has 28 heavy (non-hydrogen) atoms. The van der Waals surface area contributed by atoms with Crippen molar-refractivity contribution in [3.05, 3.63) is 41.6 Å². The highest BCUT2D eigenvalue weighted by molar-refractivity contribution is 6.15. The standard InChI is InChI=1S/C19H21N3O6/c1-18(2)16(25)22(17(26)21-18)10-11-5-7-12(8-6-11)20-9-13-14(23)27-19(3,4)28-15(13)24/h5-9,20H,10H2,1-4H3,(H,21,26). The number of anilines is 1. The molecule has 2 N–H and O–H groups in total. The number of amides is 3. The average Bonchev–Trinajstić information content (AvgIpc) is 2.76. The van der Waals surface area contributed by atoms with Gasteiger partial charge in [-0.25, -0.2) is 14.4 Å². The minimum absolute atomic E-state index is 0.142. The number of esters is 2. The second kappa shape index (κ2) is 6.66. The fourth-order valence-electron chi connectivity index (χ4n) is 2.78. The second-order valence-electron chi connectivity index (χ2n) is 7.52. The molecule has 0 saturated carbocycles. The van der Waals surface area contributed by atoms with Crippen molar-refractivity contribution in [2.75, 3.05) is 5.32 Å². The number of nitrogens with zero attached hydrogens (tertiary/aromatic N) is 1. The van der Waals surface area contributed by atoms with Crippen LogP contribution in [0.3, 0.4) is 0 Å². The van der Waals surface area contributed by atoms with E-state index >= 15 is 0 Å². The van der Waals surface area contributed by atoms with Gasteiger partial charge in [-0.05, 0) is 31.5 Å². The van der Waals surface area contributed by atoms with Gasteiger partial charge < -0.3 is 20.1 Å². The molecule has 2 saturated heterocycles. The summed E-state index contributed by atoms with van der Waals surface area (Å²) in [7, 11) is 0. The lowest BCUT2D eigenvalue weighted by Gasteiger charge is -2.29. The molecule has 0 aromatic heterocycles. The lowest BCUT2D eigenvalue weighted by Crippen LogP contribution is -2.42. The van der Waals surface area contributed by atoms with E-state index in [1.54, 1.807) is 38.1 Å². The maximum Gasteiger partial charge on any atom is 0.350 e. The maximum atomic E-state index is 12.2.